The molecule has 5 aliphatic rings. The van der Waals surface area contributed by atoms with E-state index in [-0.39, 0.29) is 0 Å². The highest BCUT2D eigenvalue weighted by Gasteiger charge is 2.50. The van der Waals surface area contributed by atoms with E-state index in [1.165, 1.54) is 25.9 Å². The SMILES string of the molecule is CC1CCN(CCC23CC4CC(CC(C4)C2)C3)CC1N. The Morgan fingerprint density at radius 1 is 1.05 bits per heavy atom. The van der Waals surface area contributed by atoms with Gasteiger partial charge in [0.05, 0.1) is 0 Å². The second-order valence-electron chi connectivity index (χ2n) is 8.90. The Balaban J connectivity index is 1.35. The van der Waals surface area contributed by atoms with E-state index in [1.807, 2.05) is 0 Å². The topological polar surface area (TPSA) is 29.3 Å². The highest BCUT2D eigenvalue weighted by Crippen LogP contribution is 2.61. The van der Waals surface area contributed by atoms with Gasteiger partial charge in [-0.15, -0.1) is 0 Å². The lowest BCUT2D eigenvalue weighted by Crippen LogP contribution is -2.50. The molecular weight excluding hydrogens is 244 g/mol. The van der Waals surface area contributed by atoms with Crippen LogP contribution in [0, 0.1) is 29.1 Å². The Kier molecular flexibility index (Phi) is 3.38. The summed E-state index contributed by atoms with van der Waals surface area (Å²) < 4.78 is 0. The first-order valence-corrected chi connectivity index (χ1v) is 9.10. The van der Waals surface area contributed by atoms with Crippen LogP contribution in [0.25, 0.3) is 0 Å². The van der Waals surface area contributed by atoms with E-state index >= 15 is 0 Å². The molecule has 1 saturated heterocycles. The second kappa shape index (κ2) is 4.98. The van der Waals surface area contributed by atoms with Gasteiger partial charge >= 0.3 is 0 Å². The van der Waals surface area contributed by atoms with E-state index in [0.29, 0.717) is 6.04 Å². The van der Waals surface area contributed by atoms with Crippen molar-refractivity contribution in [3.05, 3.63) is 0 Å². The van der Waals surface area contributed by atoms with E-state index in [0.717, 1.165) is 35.6 Å². The predicted octanol–water partition coefficient (Wildman–Crippen LogP) is 3.26. The van der Waals surface area contributed by atoms with Crippen molar-refractivity contribution in [1.29, 1.82) is 0 Å². The number of rotatable bonds is 3. The molecule has 4 aliphatic carbocycles. The van der Waals surface area contributed by atoms with Crippen LogP contribution in [0.4, 0.5) is 0 Å². The minimum atomic E-state index is 0.417. The van der Waals surface area contributed by atoms with E-state index < -0.39 is 0 Å². The number of hydrogen-bond acceptors (Lipinski definition) is 2. The lowest BCUT2D eigenvalue weighted by molar-refractivity contribution is -0.0620. The minimum absolute atomic E-state index is 0.417. The van der Waals surface area contributed by atoms with Crippen LogP contribution in [0.2, 0.25) is 0 Å². The van der Waals surface area contributed by atoms with Gasteiger partial charge in [0.15, 0.2) is 0 Å². The summed E-state index contributed by atoms with van der Waals surface area (Å²) in [5.41, 5.74) is 7.02. The molecule has 0 aromatic heterocycles. The highest BCUT2D eigenvalue weighted by atomic mass is 15.1. The number of likely N-dealkylation sites (tertiary alicyclic amines) is 1. The summed E-state index contributed by atoms with van der Waals surface area (Å²) in [6.45, 7) is 6.09. The average molecular weight is 276 g/mol. The molecule has 5 fully saturated rings. The maximum atomic E-state index is 6.26. The Bertz CT molecular complexity index is 329. The van der Waals surface area contributed by atoms with Crippen molar-refractivity contribution in [3.8, 4) is 0 Å². The predicted molar refractivity (Wildman–Crippen MR) is 83.4 cm³/mol. The minimum Gasteiger partial charge on any atom is -0.326 e. The van der Waals surface area contributed by atoms with Gasteiger partial charge in [-0.25, -0.2) is 0 Å². The van der Waals surface area contributed by atoms with Crippen molar-refractivity contribution in [2.45, 2.75) is 64.3 Å². The van der Waals surface area contributed by atoms with Crippen molar-refractivity contribution in [1.82, 2.24) is 4.90 Å². The van der Waals surface area contributed by atoms with Gasteiger partial charge in [-0.2, -0.15) is 0 Å². The maximum Gasteiger partial charge on any atom is 0.0194 e. The van der Waals surface area contributed by atoms with Gasteiger partial charge in [0.1, 0.15) is 0 Å². The van der Waals surface area contributed by atoms with Crippen LogP contribution < -0.4 is 5.73 Å². The van der Waals surface area contributed by atoms with Crippen LogP contribution in [-0.4, -0.2) is 30.6 Å². The summed E-state index contributed by atoms with van der Waals surface area (Å²) in [6, 6.07) is 0.417. The first-order valence-electron chi connectivity index (χ1n) is 9.10. The lowest BCUT2D eigenvalue weighted by atomic mass is 9.49. The van der Waals surface area contributed by atoms with Crippen LogP contribution in [0.15, 0.2) is 0 Å². The van der Waals surface area contributed by atoms with Gasteiger partial charge in [0, 0.05) is 12.6 Å². The molecule has 0 aromatic carbocycles. The molecule has 1 heterocycles. The van der Waals surface area contributed by atoms with Gasteiger partial charge in [-0.1, -0.05) is 6.92 Å². The number of nitrogens with two attached hydrogens (primary N) is 1. The van der Waals surface area contributed by atoms with Crippen molar-refractivity contribution in [2.24, 2.45) is 34.8 Å². The Hall–Kier alpha value is -0.0800. The smallest absolute Gasteiger partial charge is 0.0194 e. The van der Waals surface area contributed by atoms with Crippen molar-refractivity contribution in [3.63, 3.8) is 0 Å². The third-order valence-corrected chi connectivity index (χ3v) is 7.22. The summed E-state index contributed by atoms with van der Waals surface area (Å²) in [5, 5.41) is 0. The first kappa shape index (κ1) is 13.6. The van der Waals surface area contributed by atoms with Crippen LogP contribution >= 0.6 is 0 Å². The molecule has 0 amide bonds. The maximum absolute atomic E-state index is 6.26. The van der Waals surface area contributed by atoms with Crippen LogP contribution in [-0.2, 0) is 0 Å². The summed E-state index contributed by atoms with van der Waals surface area (Å²) in [4.78, 5) is 2.67. The van der Waals surface area contributed by atoms with Crippen molar-refractivity contribution >= 4 is 0 Å². The standard InChI is InChI=1S/C18H32N2/c1-13-2-4-20(12-17(13)19)5-3-18-9-14-6-15(10-18)8-16(7-14)11-18/h13-17H,2-12,19H2,1H3. The fourth-order valence-corrected chi connectivity index (χ4v) is 6.36. The van der Waals surface area contributed by atoms with E-state index in [9.17, 15) is 0 Å². The molecular formula is C18H32N2. The molecule has 2 nitrogen and oxygen atoms in total. The fourth-order valence-electron chi connectivity index (χ4n) is 6.36. The van der Waals surface area contributed by atoms with Crippen LogP contribution in [0.3, 0.4) is 0 Å². The molecule has 2 heteroatoms. The molecule has 2 N–H and O–H groups in total. The average Bonchev–Trinajstić information content (AvgIpc) is 2.39. The zero-order valence-corrected chi connectivity index (χ0v) is 13.2. The molecule has 4 saturated carbocycles. The largest absolute Gasteiger partial charge is 0.326 e. The molecule has 20 heavy (non-hydrogen) atoms. The fraction of sp³-hybridized carbons (Fsp3) is 1.00. The molecule has 2 atom stereocenters. The molecule has 1 aliphatic heterocycles. The zero-order valence-electron chi connectivity index (χ0n) is 13.2. The summed E-state index contributed by atoms with van der Waals surface area (Å²) in [5.74, 6) is 4.03. The van der Waals surface area contributed by atoms with Gasteiger partial charge < -0.3 is 10.6 Å². The van der Waals surface area contributed by atoms with Gasteiger partial charge in [0.25, 0.3) is 0 Å². The lowest BCUT2D eigenvalue weighted by Gasteiger charge is -2.57. The van der Waals surface area contributed by atoms with Crippen LogP contribution in [0.5, 0.6) is 0 Å². The van der Waals surface area contributed by atoms with Gasteiger partial charge in [0.2, 0.25) is 0 Å². The number of nitrogens with zero attached hydrogens (tertiary/aromatic N) is 1. The Morgan fingerprint density at radius 2 is 1.65 bits per heavy atom. The summed E-state index contributed by atoms with van der Waals surface area (Å²) in [6.07, 6.45) is 12.2. The van der Waals surface area contributed by atoms with Crippen molar-refractivity contribution < 1.29 is 0 Å². The van der Waals surface area contributed by atoms with E-state index in [2.05, 4.69) is 11.8 Å². The second-order valence-corrected chi connectivity index (χ2v) is 8.90. The van der Waals surface area contributed by atoms with E-state index in [4.69, 9.17) is 5.73 Å². The Labute approximate surface area is 124 Å². The first-order chi connectivity index (χ1) is 9.62. The zero-order chi connectivity index (χ0) is 13.7. The van der Waals surface area contributed by atoms with Gasteiger partial charge in [-0.05, 0) is 93.5 Å². The Morgan fingerprint density at radius 3 is 2.20 bits per heavy atom. The molecule has 0 spiro atoms. The van der Waals surface area contributed by atoms with Crippen LogP contribution in [0.1, 0.15) is 58.3 Å². The number of hydrogen-bond donors (Lipinski definition) is 1. The molecule has 4 bridgehead atoms. The molecule has 114 valence electrons. The molecule has 0 aromatic rings. The van der Waals surface area contributed by atoms with E-state index in [1.54, 1.807) is 38.5 Å². The molecule has 0 radical (unpaired) electrons. The third-order valence-electron chi connectivity index (χ3n) is 7.22. The summed E-state index contributed by atoms with van der Waals surface area (Å²) in [7, 11) is 0. The normalized spacial score (nSPS) is 51.6. The number of piperidine rings is 1. The quantitative estimate of drug-likeness (QED) is 0.857. The third kappa shape index (κ3) is 2.43. The van der Waals surface area contributed by atoms with Gasteiger partial charge in [-0.3, -0.25) is 0 Å². The molecule has 5 rings (SSSR count). The highest BCUT2D eigenvalue weighted by molar-refractivity contribution is 5.01. The summed E-state index contributed by atoms with van der Waals surface area (Å²) >= 11 is 0. The molecule has 2 unspecified atom stereocenters. The monoisotopic (exact) mass is 276 g/mol. The van der Waals surface area contributed by atoms with Crippen molar-refractivity contribution in [2.75, 3.05) is 19.6 Å².